The Hall–Kier alpha value is -2.60. The molecule has 4 nitrogen and oxygen atoms in total. The van der Waals surface area contributed by atoms with Crippen molar-refractivity contribution in [2.45, 2.75) is 46.0 Å². The topological polar surface area (TPSA) is 66.4 Å². The minimum Gasteiger partial charge on any atom is -0.396 e. The summed E-state index contributed by atoms with van der Waals surface area (Å²) in [6.07, 6.45) is 6.20. The van der Waals surface area contributed by atoms with Gasteiger partial charge in [-0.2, -0.15) is 0 Å². The third-order valence-corrected chi connectivity index (χ3v) is 5.90. The lowest BCUT2D eigenvalue weighted by Crippen LogP contribution is -2.26. The highest BCUT2D eigenvalue weighted by Gasteiger charge is 2.32. The van der Waals surface area contributed by atoms with E-state index < -0.39 is 11.8 Å². The van der Waals surface area contributed by atoms with E-state index in [-0.39, 0.29) is 36.2 Å². The van der Waals surface area contributed by atoms with Gasteiger partial charge in [-0.1, -0.05) is 42.9 Å². The highest BCUT2D eigenvalue weighted by molar-refractivity contribution is 6.07. The normalized spacial score (nSPS) is 20.0. The lowest BCUT2D eigenvalue weighted by atomic mass is 9.81. The number of alkyl halides is 2. The van der Waals surface area contributed by atoms with Crippen LogP contribution in [0.5, 0.6) is 0 Å². The van der Waals surface area contributed by atoms with Crippen LogP contribution < -0.4 is 5.32 Å². The van der Waals surface area contributed by atoms with Crippen molar-refractivity contribution >= 4 is 23.5 Å². The van der Waals surface area contributed by atoms with Gasteiger partial charge in [0, 0.05) is 48.3 Å². The average molecular weight is 415 g/mol. The van der Waals surface area contributed by atoms with Crippen molar-refractivity contribution in [2.24, 2.45) is 11.8 Å². The molecule has 0 aromatic heterocycles. The molecule has 1 unspecified atom stereocenters. The maximum absolute atomic E-state index is 13.8. The number of aliphatic hydroxyl groups is 1. The number of rotatable bonds is 6. The van der Waals surface area contributed by atoms with Crippen LogP contribution in [0.1, 0.15) is 56.0 Å². The molecule has 0 bridgehead atoms. The second-order valence-corrected chi connectivity index (χ2v) is 8.17. The summed E-state index contributed by atoms with van der Waals surface area (Å²) >= 11 is 0. The maximum Gasteiger partial charge on any atom is 0.270 e. The Bertz CT molecular complexity index is 954. The van der Waals surface area contributed by atoms with Crippen molar-refractivity contribution in [2.75, 3.05) is 11.9 Å². The van der Waals surface area contributed by atoms with E-state index >= 15 is 0 Å². The summed E-state index contributed by atoms with van der Waals surface area (Å²) in [6, 6.07) is 5.13. The quantitative estimate of drug-likeness (QED) is 0.674. The zero-order valence-electron chi connectivity index (χ0n) is 17.5. The molecule has 0 saturated heterocycles. The van der Waals surface area contributed by atoms with Gasteiger partial charge < -0.3 is 10.4 Å². The van der Waals surface area contributed by atoms with E-state index in [1.807, 2.05) is 6.92 Å². The number of benzene rings is 1. The van der Waals surface area contributed by atoms with Crippen LogP contribution in [0.4, 0.5) is 14.5 Å². The van der Waals surface area contributed by atoms with E-state index in [0.29, 0.717) is 40.8 Å². The van der Waals surface area contributed by atoms with Crippen LogP contribution in [0, 0.1) is 11.8 Å². The molecule has 160 valence electrons. The number of fused-ring (bicyclic) bond motifs is 1. The van der Waals surface area contributed by atoms with Gasteiger partial charge in [0.1, 0.15) is 0 Å². The molecule has 2 aliphatic rings. The van der Waals surface area contributed by atoms with Gasteiger partial charge in [-0.15, -0.1) is 0 Å². The first-order valence-corrected chi connectivity index (χ1v) is 10.2. The maximum atomic E-state index is 13.8. The first kappa shape index (κ1) is 22.1. The number of Topliss-reactive ketones (excluding diaryl/α,β-unsaturated/α-hetero) is 1. The van der Waals surface area contributed by atoms with Crippen molar-refractivity contribution in [1.29, 1.82) is 0 Å². The Morgan fingerprint density at radius 3 is 2.77 bits per heavy atom. The summed E-state index contributed by atoms with van der Waals surface area (Å²) in [5.41, 5.74) is 2.83. The molecule has 1 aromatic rings. The fraction of sp³-hybridized carbons (Fsp3) is 0.417. The average Bonchev–Trinajstić information content (AvgIpc) is 2.69. The molecule has 2 aliphatic carbocycles. The fourth-order valence-electron chi connectivity index (χ4n) is 4.14. The molecule has 0 spiro atoms. The molecule has 2 atom stereocenters. The predicted octanol–water partition coefficient (Wildman–Crippen LogP) is 5.16. The molecule has 6 heteroatoms. The number of carbonyl (C=O) groups excluding carboxylic acids is 2. The molecule has 0 aliphatic heterocycles. The van der Waals surface area contributed by atoms with Gasteiger partial charge in [0.25, 0.3) is 5.92 Å². The Morgan fingerprint density at radius 2 is 2.10 bits per heavy atom. The smallest absolute Gasteiger partial charge is 0.270 e. The highest BCUT2D eigenvalue weighted by atomic mass is 19.3. The Kier molecular flexibility index (Phi) is 6.36. The lowest BCUT2D eigenvalue weighted by molar-refractivity contribution is -0.115. The number of carbonyl (C=O) groups is 2. The second-order valence-electron chi connectivity index (χ2n) is 8.17. The van der Waals surface area contributed by atoms with E-state index in [9.17, 15) is 23.5 Å². The molecule has 1 aromatic carbocycles. The van der Waals surface area contributed by atoms with Crippen LogP contribution in [0.25, 0.3) is 6.08 Å². The van der Waals surface area contributed by atoms with Crippen molar-refractivity contribution in [1.82, 2.24) is 0 Å². The minimum absolute atomic E-state index is 0.00813. The van der Waals surface area contributed by atoms with Crippen LogP contribution >= 0.6 is 0 Å². The van der Waals surface area contributed by atoms with Gasteiger partial charge in [0.15, 0.2) is 5.78 Å². The lowest BCUT2D eigenvalue weighted by Gasteiger charge is -2.25. The van der Waals surface area contributed by atoms with Gasteiger partial charge in [-0.3, -0.25) is 9.59 Å². The number of ketones is 1. The molecular formula is C24H27F2NO3. The van der Waals surface area contributed by atoms with Gasteiger partial charge in [-0.05, 0) is 37.3 Å². The number of allylic oxidation sites excluding steroid dienone is 4. The summed E-state index contributed by atoms with van der Waals surface area (Å²) in [5, 5.41) is 12.2. The summed E-state index contributed by atoms with van der Waals surface area (Å²) in [4.78, 5) is 25.5. The van der Waals surface area contributed by atoms with Gasteiger partial charge in [-0.25, -0.2) is 8.78 Å². The molecule has 0 radical (unpaired) electrons. The minimum atomic E-state index is -2.93. The van der Waals surface area contributed by atoms with Gasteiger partial charge in [0.2, 0.25) is 5.91 Å². The first-order chi connectivity index (χ1) is 14.1. The second kappa shape index (κ2) is 8.64. The first-order valence-electron chi connectivity index (χ1n) is 10.2. The molecule has 0 heterocycles. The van der Waals surface area contributed by atoms with Crippen LogP contribution in [0.2, 0.25) is 0 Å². The number of hydrogen-bond acceptors (Lipinski definition) is 3. The van der Waals surface area contributed by atoms with E-state index in [2.05, 4.69) is 5.32 Å². The van der Waals surface area contributed by atoms with Crippen LogP contribution in [-0.4, -0.2) is 29.3 Å². The Morgan fingerprint density at radius 1 is 1.37 bits per heavy atom. The van der Waals surface area contributed by atoms with Crippen molar-refractivity contribution in [3.8, 4) is 0 Å². The van der Waals surface area contributed by atoms with Crippen LogP contribution in [-0.2, 0) is 4.79 Å². The third kappa shape index (κ3) is 4.43. The molecule has 0 saturated carbocycles. The Balaban J connectivity index is 1.79. The zero-order chi connectivity index (χ0) is 22.1. The number of hydrogen-bond donors (Lipinski definition) is 2. The SMILES string of the molecule is CC1=C(CC(=O)Nc2cccc3c2C=CC([C@H](C)CO)C3=O)CCC=C1C(C)(F)F. The molecular weight excluding hydrogens is 388 g/mol. The van der Waals surface area contributed by atoms with Crippen molar-refractivity contribution < 1.29 is 23.5 Å². The molecule has 30 heavy (non-hydrogen) atoms. The standard InChI is InChI=1S/C24H27F2NO3/c1-14(13-28)17-10-11-18-19(23(17)30)7-5-9-21(18)27-22(29)12-16-6-4-8-20(15(16)2)24(3,25)26/h5,7-11,14,17,28H,4,6,12-13H2,1-3H3,(H,27,29)/t14-,17?/m1/s1. The third-order valence-electron chi connectivity index (χ3n) is 5.90. The molecule has 3 rings (SSSR count). The van der Waals surface area contributed by atoms with Gasteiger partial charge in [0.05, 0.1) is 0 Å². The molecule has 0 fully saturated rings. The number of amides is 1. The summed E-state index contributed by atoms with van der Waals surface area (Å²) in [7, 11) is 0. The van der Waals surface area contributed by atoms with Crippen LogP contribution in [0.15, 0.2) is 47.1 Å². The number of aliphatic hydroxyl groups excluding tert-OH is 1. The summed E-state index contributed by atoms with van der Waals surface area (Å²) < 4.78 is 27.6. The Labute approximate surface area is 175 Å². The molecule has 2 N–H and O–H groups in total. The summed E-state index contributed by atoms with van der Waals surface area (Å²) in [6.45, 7) is 4.23. The predicted molar refractivity (Wildman–Crippen MR) is 113 cm³/mol. The van der Waals surface area contributed by atoms with Gasteiger partial charge >= 0.3 is 0 Å². The number of nitrogens with one attached hydrogen (secondary N) is 1. The number of halogens is 2. The van der Waals surface area contributed by atoms with Crippen molar-refractivity contribution in [3.05, 3.63) is 58.2 Å². The summed E-state index contributed by atoms with van der Waals surface area (Å²) in [5.74, 6) is -3.91. The van der Waals surface area contributed by atoms with E-state index in [1.54, 1.807) is 43.4 Å². The fourth-order valence-corrected chi connectivity index (χ4v) is 4.14. The largest absolute Gasteiger partial charge is 0.396 e. The monoisotopic (exact) mass is 415 g/mol. The van der Waals surface area contributed by atoms with Crippen LogP contribution in [0.3, 0.4) is 0 Å². The molecule has 1 amide bonds. The van der Waals surface area contributed by atoms with E-state index in [4.69, 9.17) is 0 Å². The zero-order valence-corrected chi connectivity index (χ0v) is 17.5. The van der Waals surface area contributed by atoms with Crippen molar-refractivity contribution in [3.63, 3.8) is 0 Å². The van der Waals surface area contributed by atoms with E-state index in [0.717, 1.165) is 6.92 Å². The van der Waals surface area contributed by atoms with E-state index in [1.165, 1.54) is 0 Å². The highest BCUT2D eigenvalue weighted by Crippen LogP contribution is 2.37. The number of anilines is 1.